The summed E-state index contributed by atoms with van der Waals surface area (Å²) in [5, 5.41) is 12.1. The van der Waals surface area contributed by atoms with Gasteiger partial charge in [-0.05, 0) is 44.9 Å². The maximum absolute atomic E-state index is 12.4. The maximum Gasteiger partial charge on any atom is 0.317 e. The summed E-state index contributed by atoms with van der Waals surface area (Å²) < 4.78 is 0. The molecule has 2 rings (SSSR count). The number of likely N-dealkylation sites (tertiary alicyclic amines) is 1. The monoisotopic (exact) mass is 282 g/mol. The topological polar surface area (TPSA) is 69.6 Å². The number of hydrogen-bond acceptors (Lipinski definition) is 2. The molecule has 0 bridgehead atoms. The molecular formula is C15H26N2O3. The Labute approximate surface area is 120 Å². The first kappa shape index (κ1) is 15.1. The molecule has 0 spiro atoms. The molecule has 1 saturated carbocycles. The lowest BCUT2D eigenvalue weighted by Crippen LogP contribution is -2.52. The number of carbonyl (C=O) groups excluding carboxylic acids is 1. The van der Waals surface area contributed by atoms with E-state index in [4.69, 9.17) is 5.11 Å². The number of carboxylic acids is 1. The van der Waals surface area contributed by atoms with E-state index >= 15 is 0 Å². The van der Waals surface area contributed by atoms with Gasteiger partial charge in [-0.15, -0.1) is 0 Å². The average Bonchev–Trinajstić information content (AvgIpc) is 2.41. The van der Waals surface area contributed by atoms with Gasteiger partial charge in [-0.1, -0.05) is 13.3 Å². The third-order valence-electron chi connectivity index (χ3n) is 4.73. The van der Waals surface area contributed by atoms with Crippen LogP contribution >= 0.6 is 0 Å². The summed E-state index contributed by atoms with van der Waals surface area (Å²) >= 11 is 0. The lowest BCUT2D eigenvalue weighted by Gasteiger charge is -2.38. The minimum atomic E-state index is -0.732. The van der Waals surface area contributed by atoms with Gasteiger partial charge in [0.15, 0.2) is 0 Å². The molecule has 2 aliphatic rings. The van der Waals surface area contributed by atoms with Gasteiger partial charge in [-0.3, -0.25) is 4.79 Å². The van der Waals surface area contributed by atoms with Crippen molar-refractivity contribution in [2.75, 3.05) is 6.54 Å². The minimum absolute atomic E-state index is 0.0138. The van der Waals surface area contributed by atoms with Gasteiger partial charge in [0.1, 0.15) is 0 Å². The summed E-state index contributed by atoms with van der Waals surface area (Å²) in [5.41, 5.74) is 0. The SMILES string of the molecule is CC1CCC(C)N(C(=O)NC2CCCC(C(=O)O)C2)C1. The van der Waals surface area contributed by atoms with E-state index < -0.39 is 5.97 Å². The van der Waals surface area contributed by atoms with Crippen LogP contribution < -0.4 is 5.32 Å². The fraction of sp³-hybridized carbons (Fsp3) is 0.867. The lowest BCUT2D eigenvalue weighted by atomic mass is 9.86. The van der Waals surface area contributed by atoms with Crippen LogP contribution in [-0.4, -0.2) is 40.6 Å². The molecule has 0 radical (unpaired) electrons. The van der Waals surface area contributed by atoms with Crippen LogP contribution in [0.2, 0.25) is 0 Å². The number of hydrogen-bond donors (Lipinski definition) is 2. The Bertz CT molecular complexity index is 372. The molecular weight excluding hydrogens is 256 g/mol. The zero-order chi connectivity index (χ0) is 14.7. The van der Waals surface area contributed by atoms with Crippen LogP contribution in [0.5, 0.6) is 0 Å². The number of carboxylic acid groups (broad SMARTS) is 1. The average molecular weight is 282 g/mol. The summed E-state index contributed by atoms with van der Waals surface area (Å²) in [6.45, 7) is 5.07. The third-order valence-corrected chi connectivity index (χ3v) is 4.73. The Hall–Kier alpha value is -1.26. The van der Waals surface area contributed by atoms with Gasteiger partial charge in [0.25, 0.3) is 0 Å². The van der Waals surface area contributed by atoms with Crippen LogP contribution in [0.3, 0.4) is 0 Å². The zero-order valence-corrected chi connectivity index (χ0v) is 12.5. The first-order chi connectivity index (χ1) is 9.47. The van der Waals surface area contributed by atoms with Crippen molar-refractivity contribution in [2.45, 2.75) is 64.5 Å². The largest absolute Gasteiger partial charge is 0.481 e. The highest BCUT2D eigenvalue weighted by Gasteiger charge is 2.31. The van der Waals surface area contributed by atoms with Crippen LogP contribution in [0, 0.1) is 11.8 Å². The number of aliphatic carboxylic acids is 1. The zero-order valence-electron chi connectivity index (χ0n) is 12.5. The molecule has 20 heavy (non-hydrogen) atoms. The standard InChI is InChI=1S/C15H26N2O3/c1-10-6-7-11(2)17(9-10)15(20)16-13-5-3-4-12(8-13)14(18)19/h10-13H,3-9H2,1-2H3,(H,16,20)(H,18,19). The molecule has 4 atom stereocenters. The molecule has 0 aromatic heterocycles. The Kier molecular flexibility index (Phi) is 4.89. The van der Waals surface area contributed by atoms with Crippen molar-refractivity contribution in [3.63, 3.8) is 0 Å². The lowest BCUT2D eigenvalue weighted by molar-refractivity contribution is -0.143. The van der Waals surface area contributed by atoms with E-state index in [-0.39, 0.29) is 24.0 Å². The number of piperidine rings is 1. The molecule has 2 amide bonds. The number of urea groups is 1. The maximum atomic E-state index is 12.4. The Morgan fingerprint density at radius 3 is 2.60 bits per heavy atom. The molecule has 1 aliphatic heterocycles. The fourth-order valence-electron chi connectivity index (χ4n) is 3.37. The molecule has 4 unspecified atom stereocenters. The summed E-state index contributed by atoms with van der Waals surface area (Å²) in [4.78, 5) is 25.3. The first-order valence-corrected chi connectivity index (χ1v) is 7.77. The predicted molar refractivity (Wildman–Crippen MR) is 76.5 cm³/mol. The van der Waals surface area contributed by atoms with E-state index in [1.165, 1.54) is 6.42 Å². The summed E-state index contributed by atoms with van der Waals surface area (Å²) in [6.07, 6.45) is 5.31. The highest BCUT2D eigenvalue weighted by atomic mass is 16.4. The van der Waals surface area contributed by atoms with E-state index in [1.54, 1.807) is 0 Å². The van der Waals surface area contributed by atoms with Crippen LogP contribution in [0.25, 0.3) is 0 Å². The molecule has 2 N–H and O–H groups in total. The van der Waals surface area contributed by atoms with Gasteiger partial charge in [-0.25, -0.2) is 4.79 Å². The number of nitrogens with one attached hydrogen (secondary N) is 1. The van der Waals surface area contributed by atoms with E-state index in [2.05, 4.69) is 19.2 Å². The molecule has 1 heterocycles. The van der Waals surface area contributed by atoms with E-state index in [1.807, 2.05) is 4.90 Å². The molecule has 1 aliphatic carbocycles. The highest BCUT2D eigenvalue weighted by Crippen LogP contribution is 2.26. The molecule has 114 valence electrons. The summed E-state index contributed by atoms with van der Waals surface area (Å²) in [5.74, 6) is -0.481. The van der Waals surface area contributed by atoms with E-state index in [0.29, 0.717) is 12.3 Å². The van der Waals surface area contributed by atoms with Gasteiger partial charge < -0.3 is 15.3 Å². The second-order valence-electron chi connectivity index (χ2n) is 6.53. The third kappa shape index (κ3) is 3.64. The second kappa shape index (κ2) is 6.46. The number of carbonyl (C=O) groups is 2. The smallest absolute Gasteiger partial charge is 0.317 e. The molecule has 0 aromatic rings. The van der Waals surface area contributed by atoms with Gasteiger partial charge in [-0.2, -0.15) is 0 Å². The number of amides is 2. The van der Waals surface area contributed by atoms with Crippen molar-refractivity contribution in [2.24, 2.45) is 11.8 Å². The highest BCUT2D eigenvalue weighted by molar-refractivity contribution is 5.75. The Balaban J connectivity index is 1.88. The molecule has 5 heteroatoms. The minimum Gasteiger partial charge on any atom is -0.481 e. The van der Waals surface area contributed by atoms with Crippen molar-refractivity contribution >= 4 is 12.0 Å². The first-order valence-electron chi connectivity index (χ1n) is 7.77. The quantitative estimate of drug-likeness (QED) is 0.817. The Morgan fingerprint density at radius 2 is 1.90 bits per heavy atom. The van der Waals surface area contributed by atoms with Crippen molar-refractivity contribution in [1.29, 1.82) is 0 Å². The van der Waals surface area contributed by atoms with Crippen molar-refractivity contribution < 1.29 is 14.7 Å². The fourth-order valence-corrected chi connectivity index (χ4v) is 3.37. The van der Waals surface area contributed by atoms with Gasteiger partial charge in [0.05, 0.1) is 5.92 Å². The summed E-state index contributed by atoms with van der Waals surface area (Å²) in [6, 6.07) is 0.284. The van der Waals surface area contributed by atoms with Gasteiger partial charge in [0.2, 0.25) is 0 Å². The predicted octanol–water partition coefficient (Wildman–Crippen LogP) is 2.46. The van der Waals surface area contributed by atoms with Gasteiger partial charge in [0, 0.05) is 18.6 Å². The van der Waals surface area contributed by atoms with Crippen molar-refractivity contribution in [3.05, 3.63) is 0 Å². The van der Waals surface area contributed by atoms with Gasteiger partial charge >= 0.3 is 12.0 Å². The summed E-state index contributed by atoms with van der Waals surface area (Å²) in [7, 11) is 0. The van der Waals surface area contributed by atoms with Crippen molar-refractivity contribution in [1.82, 2.24) is 10.2 Å². The van der Waals surface area contributed by atoms with E-state index in [9.17, 15) is 9.59 Å². The molecule has 0 aromatic carbocycles. The van der Waals surface area contributed by atoms with Crippen LogP contribution in [0.1, 0.15) is 52.4 Å². The number of nitrogens with zero attached hydrogens (tertiary/aromatic N) is 1. The Morgan fingerprint density at radius 1 is 1.15 bits per heavy atom. The van der Waals surface area contributed by atoms with E-state index in [0.717, 1.165) is 32.2 Å². The molecule has 1 saturated heterocycles. The number of rotatable bonds is 2. The molecule has 5 nitrogen and oxygen atoms in total. The second-order valence-corrected chi connectivity index (χ2v) is 6.53. The molecule has 2 fully saturated rings. The van der Waals surface area contributed by atoms with Crippen LogP contribution in [0.4, 0.5) is 4.79 Å². The van der Waals surface area contributed by atoms with Crippen molar-refractivity contribution in [3.8, 4) is 0 Å². The normalized spacial score (nSPS) is 34.6. The van der Waals surface area contributed by atoms with Crippen LogP contribution in [0.15, 0.2) is 0 Å². The van der Waals surface area contributed by atoms with Crippen LogP contribution in [-0.2, 0) is 4.79 Å².